The first-order chi connectivity index (χ1) is 10.9. The van der Waals surface area contributed by atoms with Crippen molar-refractivity contribution in [3.05, 3.63) is 41.6 Å². The molecule has 5 nitrogen and oxygen atoms in total. The minimum atomic E-state index is -0.606. The van der Waals surface area contributed by atoms with Crippen LogP contribution in [0.15, 0.2) is 36.0 Å². The van der Waals surface area contributed by atoms with Crippen LogP contribution in [0.2, 0.25) is 0 Å². The van der Waals surface area contributed by atoms with Gasteiger partial charge in [-0.15, -0.1) is 0 Å². The first-order valence-electron chi connectivity index (χ1n) is 7.21. The van der Waals surface area contributed by atoms with Gasteiger partial charge in [-0.25, -0.2) is 0 Å². The van der Waals surface area contributed by atoms with Gasteiger partial charge in [0.2, 0.25) is 0 Å². The van der Waals surface area contributed by atoms with E-state index in [1.54, 1.807) is 40.2 Å². The number of aromatic nitrogens is 2. The third-order valence-electron chi connectivity index (χ3n) is 3.39. The second-order valence-electron chi connectivity index (χ2n) is 6.18. The third-order valence-corrected chi connectivity index (χ3v) is 3.39. The van der Waals surface area contributed by atoms with E-state index in [-0.39, 0.29) is 11.4 Å². The van der Waals surface area contributed by atoms with Crippen LogP contribution in [0.5, 0.6) is 5.75 Å². The molecule has 0 amide bonds. The highest BCUT2D eigenvalue weighted by Crippen LogP contribution is 2.27. The molecule has 118 valence electrons. The molecule has 0 unspecified atom stereocenters. The first-order valence-corrected chi connectivity index (χ1v) is 7.21. The van der Waals surface area contributed by atoms with Gasteiger partial charge in [0, 0.05) is 16.5 Å². The summed E-state index contributed by atoms with van der Waals surface area (Å²) in [6, 6.07) is 9.46. The fraction of sp³-hybridized carbons (Fsp3) is 0.278. The molecule has 0 aliphatic heterocycles. The average molecular weight is 309 g/mol. The Morgan fingerprint density at radius 1 is 1.30 bits per heavy atom. The van der Waals surface area contributed by atoms with Crippen LogP contribution in [-0.2, 0) is 4.79 Å². The van der Waals surface area contributed by atoms with E-state index in [1.165, 1.54) is 0 Å². The second kappa shape index (κ2) is 6.49. The van der Waals surface area contributed by atoms with Crippen molar-refractivity contribution in [1.82, 2.24) is 10.2 Å². The van der Waals surface area contributed by atoms with Gasteiger partial charge in [-0.1, -0.05) is 20.8 Å². The van der Waals surface area contributed by atoms with Crippen LogP contribution in [0.3, 0.4) is 0 Å². The van der Waals surface area contributed by atoms with Gasteiger partial charge in [-0.2, -0.15) is 10.4 Å². The number of ether oxygens (including phenoxy) is 1. The smallest absolute Gasteiger partial charge is 0.178 e. The number of nitrogens with one attached hydrogen (secondary N) is 1. The zero-order valence-electron chi connectivity index (χ0n) is 13.7. The Bertz CT molecular complexity index is 772. The van der Waals surface area contributed by atoms with Crippen molar-refractivity contribution < 1.29 is 9.53 Å². The summed E-state index contributed by atoms with van der Waals surface area (Å²) >= 11 is 0. The summed E-state index contributed by atoms with van der Waals surface area (Å²) in [6.07, 6.45) is 3.18. The zero-order valence-corrected chi connectivity index (χ0v) is 13.7. The number of H-pyrrole nitrogens is 1. The Balaban J connectivity index is 2.42. The lowest BCUT2D eigenvalue weighted by Crippen LogP contribution is -2.21. The molecule has 2 aromatic rings. The minimum absolute atomic E-state index is 0.119. The molecule has 1 heterocycles. The number of allylic oxidation sites excluding steroid dienone is 1. The fourth-order valence-corrected chi connectivity index (χ4v) is 2.10. The topological polar surface area (TPSA) is 78.8 Å². The maximum atomic E-state index is 12.3. The number of hydrogen-bond donors (Lipinski definition) is 1. The summed E-state index contributed by atoms with van der Waals surface area (Å²) in [5, 5.41) is 16.2. The lowest BCUT2D eigenvalue weighted by molar-refractivity contribution is -0.121. The molecule has 0 atom stereocenters. The summed E-state index contributed by atoms with van der Waals surface area (Å²) in [5.41, 5.74) is 1.86. The van der Waals surface area contributed by atoms with Gasteiger partial charge in [-0.3, -0.25) is 9.89 Å². The Morgan fingerprint density at radius 2 is 1.96 bits per heavy atom. The number of carbonyl (C=O) groups excluding carboxylic acids is 1. The molecule has 0 saturated heterocycles. The van der Waals surface area contributed by atoms with Crippen LogP contribution in [-0.4, -0.2) is 23.1 Å². The summed E-state index contributed by atoms with van der Waals surface area (Å²) in [7, 11) is 1.61. The molecule has 0 radical (unpaired) electrons. The van der Waals surface area contributed by atoms with Crippen molar-refractivity contribution in [3.8, 4) is 23.1 Å². The highest BCUT2D eigenvalue weighted by Gasteiger charge is 2.25. The van der Waals surface area contributed by atoms with Crippen molar-refractivity contribution in [1.29, 1.82) is 5.26 Å². The molecule has 1 aromatic carbocycles. The lowest BCUT2D eigenvalue weighted by Gasteiger charge is -2.15. The number of nitrogens with zero attached hydrogens (tertiary/aromatic N) is 2. The number of aromatic amines is 1. The van der Waals surface area contributed by atoms with Crippen molar-refractivity contribution in [2.45, 2.75) is 20.8 Å². The molecule has 0 bridgehead atoms. The van der Waals surface area contributed by atoms with Crippen LogP contribution < -0.4 is 4.74 Å². The molecule has 0 fully saturated rings. The summed E-state index contributed by atoms with van der Waals surface area (Å²) in [5.74, 6) is 0.563. The molecule has 0 saturated carbocycles. The van der Waals surface area contributed by atoms with Gasteiger partial charge in [0.15, 0.2) is 5.78 Å². The van der Waals surface area contributed by atoms with E-state index >= 15 is 0 Å². The third kappa shape index (κ3) is 3.67. The van der Waals surface area contributed by atoms with Crippen LogP contribution in [0.25, 0.3) is 17.3 Å². The van der Waals surface area contributed by atoms with E-state index in [2.05, 4.69) is 10.2 Å². The van der Waals surface area contributed by atoms with E-state index in [9.17, 15) is 10.1 Å². The molecule has 0 aliphatic rings. The standard InChI is InChI=1S/C18H19N3O2/c1-18(2,3)17(22)13(10-19)9-14-11-20-21-16(14)12-5-7-15(23-4)8-6-12/h5-9,11H,1-4H3,(H,20,21). The summed E-state index contributed by atoms with van der Waals surface area (Å²) in [4.78, 5) is 12.3. The molecule has 1 aromatic heterocycles. The van der Waals surface area contributed by atoms with Gasteiger partial charge in [0.25, 0.3) is 0 Å². The van der Waals surface area contributed by atoms with Crippen molar-refractivity contribution in [2.24, 2.45) is 5.41 Å². The maximum Gasteiger partial charge on any atom is 0.178 e. The molecular formula is C18H19N3O2. The van der Waals surface area contributed by atoms with Gasteiger partial charge in [0.1, 0.15) is 11.8 Å². The van der Waals surface area contributed by atoms with Crippen molar-refractivity contribution in [2.75, 3.05) is 7.11 Å². The normalized spacial score (nSPS) is 11.9. The fourth-order valence-electron chi connectivity index (χ4n) is 2.10. The highest BCUT2D eigenvalue weighted by atomic mass is 16.5. The molecule has 1 N–H and O–H groups in total. The largest absolute Gasteiger partial charge is 0.497 e. The molecular weight excluding hydrogens is 290 g/mol. The highest BCUT2D eigenvalue weighted by molar-refractivity contribution is 6.06. The number of methoxy groups -OCH3 is 1. The van der Waals surface area contributed by atoms with Gasteiger partial charge >= 0.3 is 0 Å². The van der Waals surface area contributed by atoms with E-state index in [4.69, 9.17) is 4.74 Å². The molecule has 0 aliphatic carbocycles. The van der Waals surface area contributed by atoms with E-state index in [0.29, 0.717) is 5.56 Å². The summed E-state index contributed by atoms with van der Waals surface area (Å²) < 4.78 is 5.14. The van der Waals surface area contributed by atoms with Crippen LogP contribution >= 0.6 is 0 Å². The van der Waals surface area contributed by atoms with Crippen molar-refractivity contribution >= 4 is 11.9 Å². The van der Waals surface area contributed by atoms with E-state index < -0.39 is 5.41 Å². The molecule has 0 spiro atoms. The molecule has 23 heavy (non-hydrogen) atoms. The van der Waals surface area contributed by atoms with Crippen LogP contribution in [0.1, 0.15) is 26.3 Å². The minimum Gasteiger partial charge on any atom is -0.497 e. The number of hydrogen-bond acceptors (Lipinski definition) is 4. The second-order valence-corrected chi connectivity index (χ2v) is 6.18. The van der Waals surface area contributed by atoms with Gasteiger partial charge in [-0.05, 0) is 30.3 Å². The number of rotatable bonds is 4. The SMILES string of the molecule is COc1ccc(-c2[nH]ncc2C=C(C#N)C(=O)C(C)(C)C)cc1. The molecule has 5 heteroatoms. The van der Waals surface area contributed by atoms with E-state index in [1.807, 2.05) is 30.3 Å². The number of nitriles is 1. The zero-order chi connectivity index (χ0) is 17.0. The lowest BCUT2D eigenvalue weighted by atomic mass is 9.86. The number of Topliss-reactive ketones (excluding diaryl/α,β-unsaturated/α-hetero) is 1. The van der Waals surface area contributed by atoms with Crippen LogP contribution in [0.4, 0.5) is 0 Å². The van der Waals surface area contributed by atoms with Gasteiger partial charge in [0.05, 0.1) is 24.6 Å². The Hall–Kier alpha value is -2.87. The maximum absolute atomic E-state index is 12.3. The number of ketones is 1. The first kappa shape index (κ1) is 16.5. The summed E-state index contributed by atoms with van der Waals surface area (Å²) in [6.45, 7) is 5.38. The van der Waals surface area contributed by atoms with Crippen LogP contribution in [0, 0.1) is 16.7 Å². The quantitative estimate of drug-likeness (QED) is 0.691. The monoisotopic (exact) mass is 309 g/mol. The molecule has 2 rings (SSSR count). The predicted molar refractivity (Wildman–Crippen MR) is 88.6 cm³/mol. The number of benzene rings is 1. The Labute approximate surface area is 135 Å². The Morgan fingerprint density at radius 3 is 2.48 bits per heavy atom. The average Bonchev–Trinajstić information content (AvgIpc) is 2.99. The van der Waals surface area contributed by atoms with Crippen molar-refractivity contribution in [3.63, 3.8) is 0 Å². The van der Waals surface area contributed by atoms with E-state index in [0.717, 1.165) is 17.0 Å². The predicted octanol–water partition coefficient (Wildman–Crippen LogP) is 3.61. The van der Waals surface area contributed by atoms with Gasteiger partial charge < -0.3 is 4.74 Å². The number of carbonyl (C=O) groups is 1. The Kier molecular flexibility index (Phi) is 4.65.